The van der Waals surface area contributed by atoms with Crippen LogP contribution in [-0.4, -0.2) is 54.3 Å². The van der Waals surface area contributed by atoms with Crippen molar-refractivity contribution < 1.29 is 14.0 Å². The largest absolute Gasteiger partial charge is 0.350 e. The second-order valence-electron chi connectivity index (χ2n) is 5.37. The smallest absolute Gasteiger partial charge is 0.239 e. The second kappa shape index (κ2) is 7.89. The quantitative estimate of drug-likeness (QED) is 0.883. The van der Waals surface area contributed by atoms with Gasteiger partial charge in [0.15, 0.2) is 0 Å². The highest BCUT2D eigenvalue weighted by molar-refractivity contribution is 5.85. The minimum Gasteiger partial charge on any atom is -0.350 e. The molecule has 120 valence electrons. The summed E-state index contributed by atoms with van der Waals surface area (Å²) in [4.78, 5) is 27.7. The van der Waals surface area contributed by atoms with Crippen LogP contribution in [0.25, 0.3) is 0 Å². The van der Waals surface area contributed by atoms with Crippen LogP contribution in [0, 0.1) is 5.82 Å². The average molecular weight is 307 g/mol. The number of halogens is 1. The van der Waals surface area contributed by atoms with Crippen molar-refractivity contribution in [3.63, 3.8) is 0 Å². The molecular weight excluding hydrogens is 285 g/mol. The summed E-state index contributed by atoms with van der Waals surface area (Å²) in [6.45, 7) is 5.20. The summed E-state index contributed by atoms with van der Waals surface area (Å²) in [6, 6.07) is 6.32. The van der Waals surface area contributed by atoms with Crippen molar-refractivity contribution >= 4 is 11.8 Å². The number of benzene rings is 1. The van der Waals surface area contributed by atoms with Gasteiger partial charge in [-0.15, -0.1) is 0 Å². The van der Waals surface area contributed by atoms with E-state index in [-0.39, 0.29) is 30.7 Å². The summed E-state index contributed by atoms with van der Waals surface area (Å²) in [6.07, 6.45) is 0.439. The SMILES string of the molecule is CCN1CCC(=O)N(CC(=O)NCc2ccccc2F)CC1. The maximum absolute atomic E-state index is 13.5. The molecule has 1 saturated heterocycles. The third kappa shape index (κ3) is 4.53. The number of likely N-dealkylation sites (N-methyl/N-ethyl adjacent to an activating group) is 1. The summed E-state index contributed by atoms with van der Waals surface area (Å²) in [5.74, 6) is -0.606. The molecule has 1 aliphatic heterocycles. The van der Waals surface area contributed by atoms with Crippen LogP contribution in [0.4, 0.5) is 4.39 Å². The molecule has 1 heterocycles. The molecular formula is C16H22FN3O2. The number of amides is 2. The maximum atomic E-state index is 13.5. The van der Waals surface area contributed by atoms with Gasteiger partial charge in [0.25, 0.3) is 0 Å². The Bertz CT molecular complexity index is 536. The van der Waals surface area contributed by atoms with Crippen molar-refractivity contribution in [1.82, 2.24) is 15.1 Å². The third-order valence-electron chi connectivity index (χ3n) is 3.90. The highest BCUT2D eigenvalue weighted by Crippen LogP contribution is 2.06. The van der Waals surface area contributed by atoms with E-state index >= 15 is 0 Å². The summed E-state index contributed by atoms with van der Waals surface area (Å²) in [5, 5.41) is 2.67. The predicted octanol–water partition coefficient (Wildman–Crippen LogP) is 0.996. The van der Waals surface area contributed by atoms with Gasteiger partial charge >= 0.3 is 0 Å². The molecule has 1 aliphatic rings. The number of nitrogens with one attached hydrogen (secondary N) is 1. The van der Waals surface area contributed by atoms with Gasteiger partial charge in [-0.25, -0.2) is 4.39 Å². The van der Waals surface area contributed by atoms with E-state index in [1.807, 2.05) is 0 Å². The summed E-state index contributed by atoms with van der Waals surface area (Å²) in [7, 11) is 0. The minimum absolute atomic E-state index is 0.00279. The Hall–Kier alpha value is -1.95. The molecule has 0 radical (unpaired) electrons. The van der Waals surface area contributed by atoms with Crippen LogP contribution < -0.4 is 5.32 Å². The molecule has 2 rings (SSSR count). The first-order chi connectivity index (χ1) is 10.6. The van der Waals surface area contributed by atoms with E-state index in [1.165, 1.54) is 6.07 Å². The molecule has 0 saturated carbocycles. The number of carbonyl (C=O) groups is 2. The highest BCUT2D eigenvalue weighted by Gasteiger charge is 2.21. The first-order valence-corrected chi connectivity index (χ1v) is 7.60. The third-order valence-corrected chi connectivity index (χ3v) is 3.90. The van der Waals surface area contributed by atoms with E-state index in [0.717, 1.165) is 19.6 Å². The monoisotopic (exact) mass is 307 g/mol. The summed E-state index contributed by atoms with van der Waals surface area (Å²) >= 11 is 0. The van der Waals surface area contributed by atoms with Gasteiger partial charge in [0.2, 0.25) is 11.8 Å². The molecule has 6 heteroatoms. The molecule has 1 aromatic rings. The van der Waals surface area contributed by atoms with E-state index in [4.69, 9.17) is 0 Å². The lowest BCUT2D eigenvalue weighted by molar-refractivity contribution is -0.135. The lowest BCUT2D eigenvalue weighted by Gasteiger charge is -2.20. The molecule has 1 fully saturated rings. The van der Waals surface area contributed by atoms with Gasteiger partial charge in [-0.1, -0.05) is 25.1 Å². The van der Waals surface area contributed by atoms with E-state index in [1.54, 1.807) is 23.1 Å². The molecule has 1 N–H and O–H groups in total. The normalized spacial score (nSPS) is 16.5. The Morgan fingerprint density at radius 1 is 1.27 bits per heavy atom. The molecule has 0 bridgehead atoms. The van der Waals surface area contributed by atoms with Crippen LogP contribution in [0.1, 0.15) is 18.9 Å². The molecule has 0 unspecified atom stereocenters. The second-order valence-corrected chi connectivity index (χ2v) is 5.37. The van der Waals surface area contributed by atoms with Crippen LogP contribution in [0.5, 0.6) is 0 Å². The van der Waals surface area contributed by atoms with Gasteiger partial charge < -0.3 is 15.1 Å². The average Bonchev–Trinajstić information content (AvgIpc) is 2.69. The highest BCUT2D eigenvalue weighted by atomic mass is 19.1. The molecule has 0 aliphatic carbocycles. The van der Waals surface area contributed by atoms with Crippen molar-refractivity contribution in [2.45, 2.75) is 19.9 Å². The molecule has 0 atom stereocenters. The zero-order chi connectivity index (χ0) is 15.9. The minimum atomic E-state index is -0.341. The lowest BCUT2D eigenvalue weighted by atomic mass is 10.2. The van der Waals surface area contributed by atoms with Crippen LogP contribution >= 0.6 is 0 Å². The van der Waals surface area contributed by atoms with Crippen LogP contribution in [0.3, 0.4) is 0 Å². The van der Waals surface area contributed by atoms with Crippen molar-refractivity contribution in [2.24, 2.45) is 0 Å². The Kier molecular flexibility index (Phi) is 5.89. The zero-order valence-corrected chi connectivity index (χ0v) is 12.8. The van der Waals surface area contributed by atoms with Gasteiger partial charge in [-0.2, -0.15) is 0 Å². The van der Waals surface area contributed by atoms with E-state index in [2.05, 4.69) is 17.1 Å². The fourth-order valence-electron chi connectivity index (χ4n) is 2.46. The fraction of sp³-hybridized carbons (Fsp3) is 0.500. The predicted molar refractivity (Wildman–Crippen MR) is 81.6 cm³/mol. The molecule has 2 amide bonds. The number of hydrogen-bond donors (Lipinski definition) is 1. The van der Waals surface area contributed by atoms with Gasteiger partial charge in [-0.05, 0) is 12.6 Å². The summed E-state index contributed by atoms with van der Waals surface area (Å²) in [5.41, 5.74) is 0.440. The fourth-order valence-corrected chi connectivity index (χ4v) is 2.46. The van der Waals surface area contributed by atoms with Gasteiger partial charge in [0, 0.05) is 38.2 Å². The molecule has 22 heavy (non-hydrogen) atoms. The Labute approximate surface area is 130 Å². The van der Waals surface area contributed by atoms with Crippen molar-refractivity contribution in [3.8, 4) is 0 Å². The first kappa shape index (κ1) is 16.4. The number of hydrogen-bond acceptors (Lipinski definition) is 3. The maximum Gasteiger partial charge on any atom is 0.239 e. The van der Waals surface area contributed by atoms with Crippen molar-refractivity contribution in [1.29, 1.82) is 0 Å². The number of nitrogens with zero attached hydrogens (tertiary/aromatic N) is 2. The lowest BCUT2D eigenvalue weighted by Crippen LogP contribution is -2.41. The summed E-state index contributed by atoms with van der Waals surface area (Å²) < 4.78 is 13.5. The van der Waals surface area contributed by atoms with E-state index in [9.17, 15) is 14.0 Å². The molecule has 5 nitrogen and oxygen atoms in total. The van der Waals surface area contributed by atoms with Crippen molar-refractivity contribution in [2.75, 3.05) is 32.7 Å². The molecule has 0 aromatic heterocycles. The molecule has 0 spiro atoms. The Morgan fingerprint density at radius 2 is 2.05 bits per heavy atom. The number of carbonyl (C=O) groups excluding carboxylic acids is 2. The Balaban J connectivity index is 1.83. The zero-order valence-electron chi connectivity index (χ0n) is 12.8. The van der Waals surface area contributed by atoms with Crippen molar-refractivity contribution in [3.05, 3.63) is 35.6 Å². The van der Waals surface area contributed by atoms with Crippen LogP contribution in [-0.2, 0) is 16.1 Å². The topological polar surface area (TPSA) is 52.7 Å². The Morgan fingerprint density at radius 3 is 2.77 bits per heavy atom. The van der Waals surface area contributed by atoms with Crippen LogP contribution in [0.15, 0.2) is 24.3 Å². The first-order valence-electron chi connectivity index (χ1n) is 7.60. The van der Waals surface area contributed by atoms with E-state index in [0.29, 0.717) is 18.5 Å². The van der Waals surface area contributed by atoms with Gasteiger partial charge in [0.05, 0.1) is 6.54 Å². The van der Waals surface area contributed by atoms with E-state index < -0.39 is 0 Å². The van der Waals surface area contributed by atoms with Gasteiger partial charge in [0.1, 0.15) is 5.82 Å². The van der Waals surface area contributed by atoms with Gasteiger partial charge in [-0.3, -0.25) is 9.59 Å². The standard InChI is InChI=1S/C16H22FN3O2/c1-2-19-8-7-16(22)20(10-9-19)12-15(21)18-11-13-5-3-4-6-14(13)17/h3-6H,2,7-12H2,1H3,(H,18,21). The number of rotatable bonds is 5. The molecule has 1 aromatic carbocycles. The van der Waals surface area contributed by atoms with Crippen LogP contribution in [0.2, 0.25) is 0 Å².